The fourth-order valence-corrected chi connectivity index (χ4v) is 2.70. The molecule has 1 heterocycles. The van der Waals surface area contributed by atoms with Crippen LogP contribution in [0.3, 0.4) is 0 Å². The van der Waals surface area contributed by atoms with Gasteiger partial charge in [-0.3, -0.25) is 0 Å². The van der Waals surface area contributed by atoms with Gasteiger partial charge in [-0.05, 0) is 68.3 Å². The van der Waals surface area contributed by atoms with Gasteiger partial charge in [-0.2, -0.15) is 5.26 Å². The van der Waals surface area contributed by atoms with Crippen LogP contribution in [0.25, 0.3) is 22.4 Å². The van der Waals surface area contributed by atoms with Crippen LogP contribution in [0.5, 0.6) is 0 Å². The molecule has 1 unspecified atom stereocenters. The number of hydrogen-bond donors (Lipinski definition) is 0. The highest BCUT2D eigenvalue weighted by atomic mass is 19.1. The summed E-state index contributed by atoms with van der Waals surface area (Å²) in [6.07, 6.45) is 0. The van der Waals surface area contributed by atoms with Crippen LogP contribution in [-0.4, -0.2) is 9.55 Å². The van der Waals surface area contributed by atoms with Gasteiger partial charge >= 0.3 is 0 Å². The van der Waals surface area contributed by atoms with E-state index in [2.05, 4.69) is 36.6 Å². The first-order valence-corrected chi connectivity index (χ1v) is 7.62. The van der Waals surface area contributed by atoms with Crippen molar-refractivity contribution in [2.45, 2.75) is 27.3 Å². The number of fused-ring (bicyclic) bond motifs is 1. The number of aryl methyl sites for hydroxylation is 2. The summed E-state index contributed by atoms with van der Waals surface area (Å²) >= 11 is 0. The standard InChI is InChI=1S/C19H18FN3/c1-12(10-21)11-23-18-9-14(3)13(2)8-17(18)22-19(23)15-4-6-16(20)7-5-15/h4-9,12H,11H2,1-3H3. The van der Waals surface area contributed by atoms with E-state index >= 15 is 0 Å². The van der Waals surface area contributed by atoms with Gasteiger partial charge in [0.2, 0.25) is 0 Å². The zero-order chi connectivity index (χ0) is 16.6. The second-order valence-corrected chi connectivity index (χ2v) is 6.01. The first-order chi connectivity index (χ1) is 11.0. The SMILES string of the molecule is Cc1cc2nc(-c3ccc(F)cc3)n(CC(C)C#N)c2cc1C. The molecule has 4 heteroatoms. The minimum absolute atomic E-state index is 0.131. The molecule has 1 aromatic heterocycles. The Hall–Kier alpha value is -2.67. The van der Waals surface area contributed by atoms with Crippen LogP contribution >= 0.6 is 0 Å². The van der Waals surface area contributed by atoms with Crippen molar-refractivity contribution in [3.8, 4) is 17.5 Å². The normalized spacial score (nSPS) is 12.3. The Morgan fingerprint density at radius 1 is 1.17 bits per heavy atom. The van der Waals surface area contributed by atoms with Crippen LogP contribution in [-0.2, 0) is 6.54 Å². The molecule has 0 saturated heterocycles. The Bertz CT molecular complexity index is 901. The molecule has 0 aliphatic rings. The molecule has 0 saturated carbocycles. The van der Waals surface area contributed by atoms with Crippen molar-refractivity contribution < 1.29 is 4.39 Å². The molecule has 23 heavy (non-hydrogen) atoms. The van der Waals surface area contributed by atoms with E-state index in [1.54, 1.807) is 12.1 Å². The van der Waals surface area contributed by atoms with Gasteiger partial charge in [0.15, 0.2) is 0 Å². The number of nitriles is 1. The second-order valence-electron chi connectivity index (χ2n) is 6.01. The summed E-state index contributed by atoms with van der Waals surface area (Å²) in [5, 5.41) is 9.17. The van der Waals surface area contributed by atoms with Crippen LogP contribution in [0, 0.1) is 36.9 Å². The molecule has 1 atom stereocenters. The van der Waals surface area contributed by atoms with Gasteiger partial charge in [0.25, 0.3) is 0 Å². The average molecular weight is 307 g/mol. The molecule has 3 aromatic rings. The van der Waals surface area contributed by atoms with Gasteiger partial charge in [-0.1, -0.05) is 0 Å². The topological polar surface area (TPSA) is 41.6 Å². The molecule has 0 N–H and O–H groups in total. The highest BCUT2D eigenvalue weighted by molar-refractivity contribution is 5.82. The van der Waals surface area contributed by atoms with Gasteiger partial charge in [0.1, 0.15) is 11.6 Å². The molecule has 2 aromatic carbocycles. The number of imidazole rings is 1. The lowest BCUT2D eigenvalue weighted by Crippen LogP contribution is -2.07. The van der Waals surface area contributed by atoms with Crippen LogP contribution in [0.4, 0.5) is 4.39 Å². The third-order valence-electron chi connectivity index (χ3n) is 4.14. The summed E-state index contributed by atoms with van der Waals surface area (Å²) in [6, 6.07) is 12.8. The second kappa shape index (κ2) is 5.85. The van der Waals surface area contributed by atoms with Gasteiger partial charge in [0.05, 0.1) is 23.0 Å². The summed E-state index contributed by atoms with van der Waals surface area (Å²) in [7, 11) is 0. The Balaban J connectivity index is 2.25. The first kappa shape index (κ1) is 15.2. The Kier molecular flexibility index (Phi) is 3.87. The zero-order valence-corrected chi connectivity index (χ0v) is 13.5. The van der Waals surface area contributed by atoms with Gasteiger partial charge in [-0.15, -0.1) is 0 Å². The van der Waals surface area contributed by atoms with E-state index in [9.17, 15) is 4.39 Å². The van der Waals surface area contributed by atoms with Crippen molar-refractivity contribution in [3.63, 3.8) is 0 Å². The lowest BCUT2D eigenvalue weighted by atomic mass is 10.1. The number of aromatic nitrogens is 2. The molecular formula is C19H18FN3. The van der Waals surface area contributed by atoms with Crippen molar-refractivity contribution >= 4 is 11.0 Å². The highest BCUT2D eigenvalue weighted by Gasteiger charge is 2.15. The molecule has 0 radical (unpaired) electrons. The van der Waals surface area contributed by atoms with E-state index in [0.29, 0.717) is 6.54 Å². The Morgan fingerprint density at radius 2 is 1.83 bits per heavy atom. The van der Waals surface area contributed by atoms with E-state index in [4.69, 9.17) is 10.2 Å². The van der Waals surface area contributed by atoms with Crippen LogP contribution in [0.2, 0.25) is 0 Å². The number of nitrogens with zero attached hydrogens (tertiary/aromatic N) is 3. The van der Waals surface area contributed by atoms with E-state index in [0.717, 1.165) is 22.4 Å². The average Bonchev–Trinajstić information content (AvgIpc) is 2.86. The predicted molar refractivity (Wildman–Crippen MR) is 89.4 cm³/mol. The minimum Gasteiger partial charge on any atom is -0.323 e. The molecule has 3 nitrogen and oxygen atoms in total. The van der Waals surface area contributed by atoms with Gasteiger partial charge < -0.3 is 4.57 Å². The number of benzene rings is 2. The van der Waals surface area contributed by atoms with Crippen LogP contribution in [0.1, 0.15) is 18.1 Å². The Labute approximate surface area is 135 Å². The smallest absolute Gasteiger partial charge is 0.141 e. The van der Waals surface area contributed by atoms with Gasteiger partial charge in [0, 0.05) is 12.1 Å². The molecule has 0 aliphatic carbocycles. The van der Waals surface area contributed by atoms with Crippen molar-refractivity contribution in [2.24, 2.45) is 5.92 Å². The van der Waals surface area contributed by atoms with Gasteiger partial charge in [-0.25, -0.2) is 9.37 Å². The fourth-order valence-electron chi connectivity index (χ4n) is 2.70. The molecular weight excluding hydrogens is 289 g/mol. The molecule has 3 rings (SSSR count). The van der Waals surface area contributed by atoms with Crippen molar-refractivity contribution in [2.75, 3.05) is 0 Å². The third-order valence-corrected chi connectivity index (χ3v) is 4.14. The zero-order valence-electron chi connectivity index (χ0n) is 13.5. The number of rotatable bonds is 3. The maximum Gasteiger partial charge on any atom is 0.141 e. The van der Waals surface area contributed by atoms with Crippen molar-refractivity contribution in [1.29, 1.82) is 5.26 Å². The number of halogens is 1. The minimum atomic E-state index is -0.270. The van der Waals surface area contributed by atoms with E-state index in [1.165, 1.54) is 23.3 Å². The Morgan fingerprint density at radius 3 is 2.48 bits per heavy atom. The first-order valence-electron chi connectivity index (χ1n) is 7.62. The molecule has 116 valence electrons. The lowest BCUT2D eigenvalue weighted by molar-refractivity contribution is 0.597. The van der Waals surface area contributed by atoms with Crippen LogP contribution < -0.4 is 0 Å². The van der Waals surface area contributed by atoms with Crippen molar-refractivity contribution in [3.05, 3.63) is 53.3 Å². The lowest BCUT2D eigenvalue weighted by Gasteiger charge is -2.11. The predicted octanol–water partition coefficient (Wildman–Crippen LogP) is 4.62. The van der Waals surface area contributed by atoms with E-state index in [-0.39, 0.29) is 11.7 Å². The molecule has 0 aliphatic heterocycles. The largest absolute Gasteiger partial charge is 0.323 e. The molecule has 0 fully saturated rings. The van der Waals surface area contributed by atoms with E-state index in [1.807, 2.05) is 6.92 Å². The summed E-state index contributed by atoms with van der Waals surface area (Å²) in [4.78, 5) is 4.73. The van der Waals surface area contributed by atoms with E-state index < -0.39 is 0 Å². The molecule has 0 bridgehead atoms. The quantitative estimate of drug-likeness (QED) is 0.708. The maximum absolute atomic E-state index is 13.2. The summed E-state index contributed by atoms with van der Waals surface area (Å²) in [5.74, 6) is 0.369. The summed E-state index contributed by atoms with van der Waals surface area (Å²) in [5.41, 5.74) is 5.13. The van der Waals surface area contributed by atoms with Crippen molar-refractivity contribution in [1.82, 2.24) is 9.55 Å². The third kappa shape index (κ3) is 2.83. The number of hydrogen-bond acceptors (Lipinski definition) is 2. The molecule has 0 amide bonds. The maximum atomic E-state index is 13.2. The monoisotopic (exact) mass is 307 g/mol. The van der Waals surface area contributed by atoms with Crippen LogP contribution in [0.15, 0.2) is 36.4 Å². The highest BCUT2D eigenvalue weighted by Crippen LogP contribution is 2.28. The fraction of sp³-hybridized carbons (Fsp3) is 0.263. The molecule has 0 spiro atoms. The summed E-state index contributed by atoms with van der Waals surface area (Å²) in [6.45, 7) is 6.57. The summed E-state index contributed by atoms with van der Waals surface area (Å²) < 4.78 is 15.3.